The number of rotatable bonds is 6. The molecule has 0 radical (unpaired) electrons. The molecule has 0 fully saturated rings. The monoisotopic (exact) mass is 347 g/mol. The maximum Gasteiger partial charge on any atom is 0.0504 e. The van der Waals surface area contributed by atoms with Gasteiger partial charge in [0.1, 0.15) is 0 Å². The van der Waals surface area contributed by atoms with Gasteiger partial charge in [-0.15, -0.1) is 0 Å². The lowest BCUT2D eigenvalue weighted by atomic mass is 9.99. The molecule has 1 heterocycles. The van der Waals surface area contributed by atoms with Crippen molar-refractivity contribution in [2.24, 2.45) is 5.73 Å². The minimum absolute atomic E-state index is 0.0532. The van der Waals surface area contributed by atoms with Crippen molar-refractivity contribution in [2.45, 2.75) is 25.4 Å². The summed E-state index contributed by atoms with van der Waals surface area (Å²) in [6, 6.07) is 14.6. The van der Waals surface area contributed by atoms with Crippen LogP contribution in [0.15, 0.2) is 53.1 Å². The Morgan fingerprint density at radius 2 is 1.90 bits per heavy atom. The van der Waals surface area contributed by atoms with Crippen LogP contribution in [0.2, 0.25) is 0 Å². The quantitative estimate of drug-likeness (QED) is 0.870. The van der Waals surface area contributed by atoms with Crippen molar-refractivity contribution >= 4 is 15.9 Å². The number of hydrogen-bond donors (Lipinski definition) is 1. The van der Waals surface area contributed by atoms with Crippen LogP contribution in [0.1, 0.15) is 24.2 Å². The highest BCUT2D eigenvalue weighted by molar-refractivity contribution is 9.10. The molecular formula is C17H22BrN3. The normalized spacial score (nSPS) is 14.1. The van der Waals surface area contributed by atoms with Crippen molar-refractivity contribution in [2.75, 3.05) is 13.6 Å². The van der Waals surface area contributed by atoms with E-state index in [1.54, 1.807) is 0 Å². The van der Waals surface area contributed by atoms with Crippen molar-refractivity contribution in [3.63, 3.8) is 0 Å². The fourth-order valence-electron chi connectivity index (χ4n) is 2.61. The molecule has 3 nitrogen and oxygen atoms in total. The van der Waals surface area contributed by atoms with Crippen LogP contribution in [-0.4, -0.2) is 29.5 Å². The molecule has 0 aliphatic heterocycles. The zero-order chi connectivity index (χ0) is 15.2. The van der Waals surface area contributed by atoms with Gasteiger partial charge in [0, 0.05) is 35.4 Å². The van der Waals surface area contributed by atoms with Crippen molar-refractivity contribution in [3.8, 4) is 0 Å². The van der Waals surface area contributed by atoms with Gasteiger partial charge in [-0.05, 0) is 37.7 Å². The molecule has 0 saturated heterocycles. The van der Waals surface area contributed by atoms with Gasteiger partial charge in [0.15, 0.2) is 0 Å². The Kier molecular flexibility index (Phi) is 5.91. The predicted molar refractivity (Wildman–Crippen MR) is 91.1 cm³/mol. The van der Waals surface area contributed by atoms with Gasteiger partial charge >= 0.3 is 0 Å². The molecule has 0 spiro atoms. The van der Waals surface area contributed by atoms with E-state index < -0.39 is 0 Å². The number of halogens is 1. The zero-order valence-corrected chi connectivity index (χ0v) is 14.1. The van der Waals surface area contributed by atoms with Crippen LogP contribution >= 0.6 is 15.9 Å². The molecular weight excluding hydrogens is 326 g/mol. The van der Waals surface area contributed by atoms with Gasteiger partial charge in [0.2, 0.25) is 0 Å². The summed E-state index contributed by atoms with van der Waals surface area (Å²) in [5, 5.41) is 0. The van der Waals surface area contributed by atoms with E-state index in [9.17, 15) is 0 Å². The summed E-state index contributed by atoms with van der Waals surface area (Å²) < 4.78 is 1.11. The minimum Gasteiger partial charge on any atom is -0.326 e. The molecule has 0 aliphatic carbocycles. The standard InChI is InChI=1S/C17H22BrN3/c1-13(19)17(15-8-3-4-9-16(15)18)21(2)12-10-14-7-5-6-11-20-14/h3-9,11,13,17H,10,12,19H2,1-2H3. The van der Waals surface area contributed by atoms with Crippen LogP contribution in [0, 0.1) is 0 Å². The van der Waals surface area contributed by atoms with Gasteiger partial charge in [-0.3, -0.25) is 9.88 Å². The van der Waals surface area contributed by atoms with Gasteiger partial charge in [0.05, 0.1) is 6.04 Å². The van der Waals surface area contributed by atoms with Gasteiger partial charge < -0.3 is 5.73 Å². The molecule has 0 aliphatic rings. The highest BCUT2D eigenvalue weighted by Crippen LogP contribution is 2.29. The summed E-state index contributed by atoms with van der Waals surface area (Å²) >= 11 is 3.63. The van der Waals surface area contributed by atoms with E-state index in [4.69, 9.17) is 5.73 Å². The first-order chi connectivity index (χ1) is 10.1. The van der Waals surface area contributed by atoms with E-state index in [0.29, 0.717) is 0 Å². The van der Waals surface area contributed by atoms with Crippen LogP contribution in [0.3, 0.4) is 0 Å². The van der Waals surface area contributed by atoms with E-state index in [1.165, 1.54) is 5.56 Å². The molecule has 2 aromatic rings. The summed E-state index contributed by atoms with van der Waals surface area (Å²) in [4.78, 5) is 6.68. The van der Waals surface area contributed by atoms with Gasteiger partial charge in [0.25, 0.3) is 0 Å². The second-order valence-corrected chi connectivity index (χ2v) is 6.23. The second-order valence-electron chi connectivity index (χ2n) is 5.38. The SMILES string of the molecule is CC(N)C(c1ccccc1Br)N(C)CCc1ccccn1. The zero-order valence-electron chi connectivity index (χ0n) is 12.5. The molecule has 2 rings (SSSR count). The van der Waals surface area contributed by atoms with E-state index in [2.05, 4.69) is 64.1 Å². The largest absolute Gasteiger partial charge is 0.326 e. The number of nitrogens with zero attached hydrogens (tertiary/aromatic N) is 2. The second kappa shape index (κ2) is 7.69. The molecule has 21 heavy (non-hydrogen) atoms. The molecule has 2 atom stereocenters. The lowest BCUT2D eigenvalue weighted by molar-refractivity contribution is 0.220. The Balaban J connectivity index is 2.10. The third-order valence-corrected chi connectivity index (χ3v) is 4.37. The minimum atomic E-state index is 0.0532. The molecule has 0 amide bonds. The number of nitrogens with two attached hydrogens (primary N) is 1. The topological polar surface area (TPSA) is 42.1 Å². The average Bonchev–Trinajstić information content (AvgIpc) is 2.48. The number of likely N-dealkylation sites (N-methyl/N-ethyl adjacent to an activating group) is 1. The maximum absolute atomic E-state index is 6.23. The summed E-state index contributed by atoms with van der Waals surface area (Å²) in [6.45, 7) is 2.98. The van der Waals surface area contributed by atoms with Crippen LogP contribution in [0.25, 0.3) is 0 Å². The number of pyridine rings is 1. The third kappa shape index (κ3) is 4.37. The molecule has 1 aromatic carbocycles. The van der Waals surface area contributed by atoms with E-state index in [1.807, 2.05) is 24.4 Å². The maximum atomic E-state index is 6.23. The Morgan fingerprint density at radius 1 is 1.19 bits per heavy atom. The lowest BCUT2D eigenvalue weighted by Crippen LogP contribution is -2.38. The fourth-order valence-corrected chi connectivity index (χ4v) is 3.13. The summed E-state index contributed by atoms with van der Waals surface area (Å²) in [5.74, 6) is 0. The van der Waals surface area contributed by atoms with Gasteiger partial charge in [-0.25, -0.2) is 0 Å². The van der Waals surface area contributed by atoms with Crippen molar-refractivity contribution in [3.05, 3.63) is 64.4 Å². The molecule has 112 valence electrons. The van der Waals surface area contributed by atoms with Gasteiger partial charge in [-0.1, -0.05) is 40.2 Å². The summed E-state index contributed by atoms with van der Waals surface area (Å²) in [7, 11) is 2.12. The first kappa shape index (κ1) is 16.1. The molecule has 0 saturated carbocycles. The third-order valence-electron chi connectivity index (χ3n) is 3.64. The lowest BCUT2D eigenvalue weighted by Gasteiger charge is -2.32. The Labute approximate surface area is 135 Å². The Hall–Kier alpha value is -1.23. The molecule has 2 unspecified atom stereocenters. The smallest absolute Gasteiger partial charge is 0.0504 e. The molecule has 0 bridgehead atoms. The number of aromatic nitrogens is 1. The van der Waals surface area contributed by atoms with Crippen LogP contribution in [-0.2, 0) is 6.42 Å². The van der Waals surface area contributed by atoms with Crippen molar-refractivity contribution < 1.29 is 0 Å². The first-order valence-electron chi connectivity index (χ1n) is 7.19. The van der Waals surface area contributed by atoms with Crippen molar-refractivity contribution in [1.82, 2.24) is 9.88 Å². The number of hydrogen-bond acceptors (Lipinski definition) is 3. The van der Waals surface area contributed by atoms with Gasteiger partial charge in [-0.2, -0.15) is 0 Å². The number of benzene rings is 1. The molecule has 4 heteroatoms. The predicted octanol–water partition coefficient (Wildman–Crippen LogP) is 3.41. The molecule has 2 N–H and O–H groups in total. The highest BCUT2D eigenvalue weighted by Gasteiger charge is 2.22. The molecule has 1 aromatic heterocycles. The Bertz CT molecular complexity index is 557. The summed E-state index contributed by atoms with van der Waals surface area (Å²) in [5.41, 5.74) is 8.57. The first-order valence-corrected chi connectivity index (χ1v) is 7.99. The van der Waals surface area contributed by atoms with Crippen LogP contribution in [0.5, 0.6) is 0 Å². The Morgan fingerprint density at radius 3 is 2.52 bits per heavy atom. The summed E-state index contributed by atoms with van der Waals surface area (Å²) in [6.07, 6.45) is 2.76. The van der Waals surface area contributed by atoms with Crippen LogP contribution < -0.4 is 5.73 Å². The van der Waals surface area contributed by atoms with Crippen LogP contribution in [0.4, 0.5) is 0 Å². The van der Waals surface area contributed by atoms with Crippen molar-refractivity contribution in [1.29, 1.82) is 0 Å². The van der Waals surface area contributed by atoms with E-state index in [0.717, 1.165) is 23.1 Å². The van der Waals surface area contributed by atoms with E-state index in [-0.39, 0.29) is 12.1 Å². The fraction of sp³-hybridized carbons (Fsp3) is 0.353. The highest BCUT2D eigenvalue weighted by atomic mass is 79.9. The van der Waals surface area contributed by atoms with E-state index >= 15 is 0 Å². The average molecular weight is 348 g/mol.